The Balaban J connectivity index is 1.59. The van der Waals surface area contributed by atoms with Crippen LogP contribution in [0, 0.1) is 11.5 Å². The number of amides is 1. The molecular formula is C24H33N5O2Si. The van der Waals surface area contributed by atoms with Crippen LogP contribution in [0.1, 0.15) is 26.3 Å². The van der Waals surface area contributed by atoms with Gasteiger partial charge in [0.15, 0.2) is 0 Å². The molecule has 3 rings (SSSR count). The molecule has 32 heavy (non-hydrogen) atoms. The quantitative estimate of drug-likeness (QED) is 0.547. The zero-order valence-corrected chi connectivity index (χ0v) is 20.9. The molecule has 7 nitrogen and oxygen atoms in total. The molecule has 2 aromatic rings. The summed E-state index contributed by atoms with van der Waals surface area (Å²) in [6, 6.07) is 9.91. The van der Waals surface area contributed by atoms with Crippen molar-refractivity contribution in [2.75, 3.05) is 36.4 Å². The predicted octanol–water partition coefficient (Wildman–Crippen LogP) is 4.51. The first-order valence-corrected chi connectivity index (χ1v) is 14.4. The van der Waals surface area contributed by atoms with Gasteiger partial charge in [-0.2, -0.15) is 4.98 Å². The third-order valence-corrected chi connectivity index (χ3v) is 5.47. The Bertz CT molecular complexity index is 992. The van der Waals surface area contributed by atoms with Crippen molar-refractivity contribution in [3.05, 3.63) is 42.1 Å². The monoisotopic (exact) mass is 451 g/mol. The SMILES string of the molecule is CC(C)(C)OC(=O)N1CCN(c2nccc(Nc3ccc(C#C[Si](C)(C)C)cc3)n2)CC1. The number of benzene rings is 1. The molecule has 0 spiro atoms. The average Bonchev–Trinajstić information content (AvgIpc) is 2.72. The highest BCUT2D eigenvalue weighted by Crippen LogP contribution is 2.19. The molecule has 1 fully saturated rings. The summed E-state index contributed by atoms with van der Waals surface area (Å²) >= 11 is 0. The number of piperazine rings is 1. The summed E-state index contributed by atoms with van der Waals surface area (Å²) in [5.74, 6) is 4.64. The van der Waals surface area contributed by atoms with Crippen LogP contribution in [0.15, 0.2) is 36.5 Å². The molecule has 0 saturated carbocycles. The number of carbonyl (C=O) groups is 1. The number of carbonyl (C=O) groups excluding carboxylic acids is 1. The minimum atomic E-state index is -1.39. The van der Waals surface area contributed by atoms with Crippen molar-refractivity contribution >= 4 is 31.6 Å². The Morgan fingerprint density at radius 1 is 1.06 bits per heavy atom. The van der Waals surface area contributed by atoms with Crippen LogP contribution in [0.3, 0.4) is 0 Å². The lowest BCUT2D eigenvalue weighted by atomic mass is 10.2. The fraction of sp³-hybridized carbons (Fsp3) is 0.458. The second-order valence-electron chi connectivity index (χ2n) is 9.90. The summed E-state index contributed by atoms with van der Waals surface area (Å²) in [7, 11) is -1.39. The van der Waals surface area contributed by atoms with Gasteiger partial charge in [0, 0.05) is 43.6 Å². The fourth-order valence-corrected chi connectivity index (χ4v) is 3.55. The van der Waals surface area contributed by atoms with E-state index in [4.69, 9.17) is 4.74 Å². The smallest absolute Gasteiger partial charge is 0.410 e. The molecule has 2 heterocycles. The van der Waals surface area contributed by atoms with Gasteiger partial charge in [0.25, 0.3) is 0 Å². The first-order chi connectivity index (χ1) is 15.0. The third kappa shape index (κ3) is 7.27. The molecule has 0 aliphatic carbocycles. The number of hydrogen-bond donors (Lipinski definition) is 1. The maximum atomic E-state index is 12.3. The molecule has 8 heteroatoms. The molecule has 1 amide bonds. The average molecular weight is 452 g/mol. The van der Waals surface area contributed by atoms with Gasteiger partial charge < -0.3 is 19.9 Å². The summed E-state index contributed by atoms with van der Waals surface area (Å²) in [4.78, 5) is 25.2. The van der Waals surface area contributed by atoms with Crippen LogP contribution in [0.4, 0.5) is 22.2 Å². The summed E-state index contributed by atoms with van der Waals surface area (Å²) in [5.41, 5.74) is 4.86. The van der Waals surface area contributed by atoms with E-state index < -0.39 is 13.7 Å². The summed E-state index contributed by atoms with van der Waals surface area (Å²) in [5, 5.41) is 3.33. The number of nitrogens with zero attached hydrogens (tertiary/aromatic N) is 4. The maximum Gasteiger partial charge on any atom is 0.410 e. The van der Waals surface area contributed by atoms with E-state index in [9.17, 15) is 4.79 Å². The van der Waals surface area contributed by atoms with Crippen LogP contribution in [0.5, 0.6) is 0 Å². The van der Waals surface area contributed by atoms with Gasteiger partial charge in [0.1, 0.15) is 19.5 Å². The number of nitrogens with one attached hydrogen (secondary N) is 1. The van der Waals surface area contributed by atoms with Crippen molar-refractivity contribution in [2.45, 2.75) is 46.0 Å². The van der Waals surface area contributed by atoms with Crippen molar-refractivity contribution < 1.29 is 9.53 Å². The van der Waals surface area contributed by atoms with E-state index in [1.165, 1.54) is 0 Å². The minimum absolute atomic E-state index is 0.272. The largest absolute Gasteiger partial charge is 0.444 e. The minimum Gasteiger partial charge on any atom is -0.444 e. The van der Waals surface area contributed by atoms with Crippen molar-refractivity contribution in [3.63, 3.8) is 0 Å². The molecular weight excluding hydrogens is 418 g/mol. The molecule has 0 atom stereocenters. The second kappa shape index (κ2) is 9.61. The Morgan fingerprint density at radius 3 is 2.31 bits per heavy atom. The predicted molar refractivity (Wildman–Crippen MR) is 132 cm³/mol. The van der Waals surface area contributed by atoms with Crippen LogP contribution < -0.4 is 10.2 Å². The zero-order valence-electron chi connectivity index (χ0n) is 19.9. The van der Waals surface area contributed by atoms with Gasteiger partial charge in [-0.3, -0.25) is 0 Å². The lowest BCUT2D eigenvalue weighted by Gasteiger charge is -2.35. The maximum absolute atomic E-state index is 12.3. The van der Waals surface area contributed by atoms with Crippen molar-refractivity contribution in [1.29, 1.82) is 0 Å². The second-order valence-corrected chi connectivity index (χ2v) is 14.6. The molecule has 170 valence electrons. The first kappa shape index (κ1) is 23.6. The van der Waals surface area contributed by atoms with E-state index in [1.807, 2.05) is 51.1 Å². The number of ether oxygens (including phenoxy) is 1. The van der Waals surface area contributed by atoms with E-state index >= 15 is 0 Å². The normalized spacial score (nSPS) is 14.4. The van der Waals surface area contributed by atoms with E-state index in [1.54, 1.807) is 11.1 Å². The van der Waals surface area contributed by atoms with Gasteiger partial charge in [0.05, 0.1) is 0 Å². The molecule has 1 aliphatic rings. The van der Waals surface area contributed by atoms with Gasteiger partial charge in [0.2, 0.25) is 5.95 Å². The number of anilines is 3. The topological polar surface area (TPSA) is 70.6 Å². The molecule has 1 aromatic carbocycles. The van der Waals surface area contributed by atoms with Crippen molar-refractivity contribution in [2.24, 2.45) is 0 Å². The zero-order chi connectivity index (χ0) is 23.4. The van der Waals surface area contributed by atoms with Gasteiger partial charge in [-0.1, -0.05) is 25.6 Å². The lowest BCUT2D eigenvalue weighted by Crippen LogP contribution is -2.50. The van der Waals surface area contributed by atoms with Crippen LogP contribution >= 0.6 is 0 Å². The molecule has 1 aromatic heterocycles. The van der Waals surface area contributed by atoms with Gasteiger partial charge in [-0.25, -0.2) is 9.78 Å². The highest BCUT2D eigenvalue weighted by molar-refractivity contribution is 6.83. The van der Waals surface area contributed by atoms with Crippen molar-refractivity contribution in [3.8, 4) is 11.5 Å². The van der Waals surface area contributed by atoms with Crippen LogP contribution in [-0.2, 0) is 4.74 Å². The molecule has 0 bridgehead atoms. The van der Waals surface area contributed by atoms with Crippen LogP contribution in [0.2, 0.25) is 19.6 Å². The molecule has 1 aliphatic heterocycles. The Kier molecular flexibility index (Phi) is 7.09. The van der Waals surface area contributed by atoms with Crippen LogP contribution in [-0.4, -0.2) is 60.8 Å². The van der Waals surface area contributed by atoms with Gasteiger partial charge >= 0.3 is 6.09 Å². The standard InChI is InChI=1S/C24H33N5O2Si/c1-24(2,3)31-23(30)29-16-14-28(15-17-29)22-25-13-11-21(27-22)26-20-9-7-19(8-10-20)12-18-32(4,5)6/h7-11,13H,14-17H2,1-6H3,(H,25,26,27). The van der Waals surface area contributed by atoms with E-state index in [2.05, 4.69) is 51.3 Å². The summed E-state index contributed by atoms with van der Waals surface area (Å²) in [6.07, 6.45) is 1.48. The summed E-state index contributed by atoms with van der Waals surface area (Å²) < 4.78 is 5.46. The third-order valence-electron chi connectivity index (χ3n) is 4.60. The van der Waals surface area contributed by atoms with E-state index in [-0.39, 0.29) is 6.09 Å². The molecule has 0 unspecified atom stereocenters. The van der Waals surface area contributed by atoms with E-state index in [0.29, 0.717) is 32.1 Å². The lowest BCUT2D eigenvalue weighted by molar-refractivity contribution is 0.0240. The highest BCUT2D eigenvalue weighted by Gasteiger charge is 2.26. The van der Waals surface area contributed by atoms with Gasteiger partial charge in [-0.15, -0.1) is 5.54 Å². The number of hydrogen-bond acceptors (Lipinski definition) is 6. The summed E-state index contributed by atoms with van der Waals surface area (Å²) in [6.45, 7) is 14.8. The van der Waals surface area contributed by atoms with Crippen molar-refractivity contribution in [1.82, 2.24) is 14.9 Å². The molecule has 0 radical (unpaired) electrons. The number of aromatic nitrogens is 2. The Labute approximate surface area is 192 Å². The fourth-order valence-electron chi connectivity index (χ4n) is 3.03. The number of rotatable bonds is 3. The first-order valence-electron chi connectivity index (χ1n) is 10.9. The highest BCUT2D eigenvalue weighted by atomic mass is 28.3. The van der Waals surface area contributed by atoms with Gasteiger partial charge in [-0.05, 0) is 51.1 Å². The Hall–Kier alpha value is -3.05. The molecule has 1 saturated heterocycles. The Morgan fingerprint density at radius 2 is 1.72 bits per heavy atom. The molecule has 1 N–H and O–H groups in total. The van der Waals surface area contributed by atoms with E-state index in [0.717, 1.165) is 17.1 Å². The van der Waals surface area contributed by atoms with Crippen LogP contribution in [0.25, 0.3) is 0 Å².